The summed E-state index contributed by atoms with van der Waals surface area (Å²) in [5.74, 6) is -1.07. The molecule has 22 heavy (non-hydrogen) atoms. The fourth-order valence-corrected chi connectivity index (χ4v) is 2.33. The van der Waals surface area contributed by atoms with E-state index in [4.69, 9.17) is 13.9 Å². The first-order valence-electron chi connectivity index (χ1n) is 6.65. The summed E-state index contributed by atoms with van der Waals surface area (Å²) in [7, 11) is 2.74. The topological polar surface area (TPSA) is 82.8 Å². The number of esters is 1. The molecule has 2 rings (SSSR count). The van der Waals surface area contributed by atoms with Crippen LogP contribution in [0.4, 0.5) is 0 Å². The number of methoxy groups -OCH3 is 2. The highest BCUT2D eigenvalue weighted by molar-refractivity contribution is 5.92. The molecule has 0 bridgehead atoms. The van der Waals surface area contributed by atoms with E-state index < -0.39 is 17.5 Å². The van der Waals surface area contributed by atoms with Crippen LogP contribution in [-0.4, -0.2) is 26.0 Å². The van der Waals surface area contributed by atoms with E-state index in [1.165, 1.54) is 27.2 Å². The smallest absolute Gasteiger partial charge is 0.336 e. The van der Waals surface area contributed by atoms with Crippen LogP contribution in [0.2, 0.25) is 0 Å². The van der Waals surface area contributed by atoms with Crippen molar-refractivity contribution in [1.29, 1.82) is 0 Å². The van der Waals surface area contributed by atoms with Crippen molar-refractivity contribution in [3.63, 3.8) is 0 Å². The van der Waals surface area contributed by atoms with Gasteiger partial charge in [0.15, 0.2) is 0 Å². The fraction of sp³-hybridized carbons (Fsp3) is 0.312. The van der Waals surface area contributed by atoms with Gasteiger partial charge in [0.25, 0.3) is 0 Å². The van der Waals surface area contributed by atoms with E-state index in [9.17, 15) is 14.4 Å². The molecule has 0 aliphatic heterocycles. The molecule has 0 saturated heterocycles. The third kappa shape index (κ3) is 3.16. The molecule has 1 heterocycles. The number of hydrogen-bond acceptors (Lipinski definition) is 6. The highest BCUT2D eigenvalue weighted by Gasteiger charge is 2.26. The molecule has 0 aliphatic carbocycles. The number of rotatable bonds is 5. The van der Waals surface area contributed by atoms with Crippen LogP contribution < -0.4 is 10.4 Å². The summed E-state index contributed by atoms with van der Waals surface area (Å²) in [5.41, 5.74) is 0.100. The number of carbonyl (C=O) groups is 2. The molecule has 1 aromatic heterocycles. The zero-order valence-corrected chi connectivity index (χ0v) is 12.5. The van der Waals surface area contributed by atoms with E-state index in [0.717, 1.165) is 0 Å². The van der Waals surface area contributed by atoms with Crippen molar-refractivity contribution in [3.05, 3.63) is 40.2 Å². The maximum atomic E-state index is 12.0. The van der Waals surface area contributed by atoms with Gasteiger partial charge in [0.2, 0.25) is 0 Å². The maximum absolute atomic E-state index is 12.0. The molecule has 6 nitrogen and oxygen atoms in total. The largest absolute Gasteiger partial charge is 0.497 e. The minimum absolute atomic E-state index is 0.0444. The third-order valence-corrected chi connectivity index (χ3v) is 3.34. The van der Waals surface area contributed by atoms with Crippen LogP contribution >= 0.6 is 0 Å². The Balaban J connectivity index is 2.68. The molecule has 0 spiro atoms. The van der Waals surface area contributed by atoms with Crippen LogP contribution in [0.25, 0.3) is 11.0 Å². The monoisotopic (exact) mass is 304 g/mol. The van der Waals surface area contributed by atoms with Gasteiger partial charge in [-0.1, -0.05) is 0 Å². The normalized spacial score (nSPS) is 12.0. The second-order valence-corrected chi connectivity index (χ2v) is 4.86. The Hall–Kier alpha value is -2.63. The van der Waals surface area contributed by atoms with Crippen LogP contribution in [0.5, 0.6) is 5.75 Å². The summed E-state index contributed by atoms with van der Waals surface area (Å²) in [4.78, 5) is 35.2. The van der Waals surface area contributed by atoms with Gasteiger partial charge in [0, 0.05) is 23.9 Å². The van der Waals surface area contributed by atoms with E-state index in [1.54, 1.807) is 18.2 Å². The molecule has 116 valence electrons. The van der Waals surface area contributed by atoms with Gasteiger partial charge < -0.3 is 13.9 Å². The molecule has 0 radical (unpaired) electrons. The summed E-state index contributed by atoms with van der Waals surface area (Å²) in [6.45, 7) is 1.38. The number of benzene rings is 1. The zero-order valence-electron chi connectivity index (χ0n) is 12.5. The lowest BCUT2D eigenvalue weighted by molar-refractivity contribution is -0.143. The Morgan fingerprint density at radius 3 is 2.55 bits per heavy atom. The van der Waals surface area contributed by atoms with Crippen molar-refractivity contribution in [3.8, 4) is 5.75 Å². The van der Waals surface area contributed by atoms with E-state index >= 15 is 0 Å². The first kappa shape index (κ1) is 15.8. The summed E-state index contributed by atoms with van der Waals surface area (Å²) in [5, 5.41) is 0.567. The van der Waals surface area contributed by atoms with Crippen LogP contribution in [-0.2, 0) is 14.3 Å². The van der Waals surface area contributed by atoms with Gasteiger partial charge in [0.05, 0.1) is 20.1 Å². The lowest BCUT2D eigenvalue weighted by atomic mass is 9.92. The second kappa shape index (κ2) is 6.43. The van der Waals surface area contributed by atoms with Gasteiger partial charge in [-0.05, 0) is 24.6 Å². The van der Waals surface area contributed by atoms with Crippen molar-refractivity contribution >= 4 is 22.7 Å². The van der Waals surface area contributed by atoms with Crippen molar-refractivity contribution in [2.75, 3.05) is 14.2 Å². The van der Waals surface area contributed by atoms with Gasteiger partial charge in [-0.15, -0.1) is 0 Å². The predicted octanol–water partition coefficient (Wildman–Crippen LogP) is 2.04. The predicted molar refractivity (Wildman–Crippen MR) is 79.1 cm³/mol. The Morgan fingerprint density at radius 1 is 1.23 bits per heavy atom. The molecule has 6 heteroatoms. The summed E-state index contributed by atoms with van der Waals surface area (Å²) in [6, 6.07) is 6.15. The lowest BCUT2D eigenvalue weighted by Crippen LogP contribution is -2.19. The first-order valence-corrected chi connectivity index (χ1v) is 6.65. The van der Waals surface area contributed by atoms with Gasteiger partial charge in [-0.3, -0.25) is 9.59 Å². The summed E-state index contributed by atoms with van der Waals surface area (Å²) >= 11 is 0. The highest BCUT2D eigenvalue weighted by Crippen LogP contribution is 2.30. The number of carbonyl (C=O) groups excluding carboxylic acids is 2. The second-order valence-electron chi connectivity index (χ2n) is 4.86. The summed E-state index contributed by atoms with van der Waals surface area (Å²) < 4.78 is 15.0. The standard InChI is InChI=1S/C16H16O6/c1-9(17)6-13(16(19)21-3)12-8-15(18)22-14-7-10(20-2)4-5-11(12)14/h4-5,7-8,13H,6H2,1-3H3. The number of ketones is 1. The van der Waals surface area contributed by atoms with Crippen molar-refractivity contribution in [2.24, 2.45) is 0 Å². The Bertz CT molecular complexity index is 774. The number of fused-ring (bicyclic) bond motifs is 1. The SMILES string of the molecule is COC(=O)C(CC(C)=O)c1cc(=O)oc2cc(OC)ccc12. The molecule has 0 amide bonds. The average Bonchev–Trinajstić information content (AvgIpc) is 2.50. The van der Waals surface area contributed by atoms with Gasteiger partial charge in [0.1, 0.15) is 17.1 Å². The van der Waals surface area contributed by atoms with Gasteiger partial charge >= 0.3 is 11.6 Å². The first-order chi connectivity index (χ1) is 10.5. The molecular formula is C16H16O6. The van der Waals surface area contributed by atoms with E-state index in [-0.39, 0.29) is 12.2 Å². The van der Waals surface area contributed by atoms with E-state index in [2.05, 4.69) is 0 Å². The Labute approximate surface area is 126 Å². The number of ether oxygens (including phenoxy) is 2. The molecule has 1 aromatic carbocycles. The Morgan fingerprint density at radius 2 is 1.95 bits per heavy atom. The van der Waals surface area contributed by atoms with Crippen LogP contribution in [0.1, 0.15) is 24.8 Å². The quantitative estimate of drug-likeness (QED) is 0.621. The molecular weight excluding hydrogens is 288 g/mol. The fourth-order valence-electron chi connectivity index (χ4n) is 2.33. The molecule has 1 atom stereocenters. The van der Waals surface area contributed by atoms with Crippen molar-refractivity contribution in [2.45, 2.75) is 19.3 Å². The van der Waals surface area contributed by atoms with Crippen LogP contribution in [0, 0.1) is 0 Å². The van der Waals surface area contributed by atoms with E-state index in [1.807, 2.05) is 0 Å². The minimum Gasteiger partial charge on any atom is -0.497 e. The molecule has 0 fully saturated rings. The molecule has 1 unspecified atom stereocenters. The summed E-state index contributed by atoms with van der Waals surface area (Å²) in [6.07, 6.45) is -0.0444. The van der Waals surface area contributed by atoms with Crippen LogP contribution in [0.3, 0.4) is 0 Å². The zero-order chi connectivity index (χ0) is 16.3. The Kier molecular flexibility index (Phi) is 4.60. The van der Waals surface area contributed by atoms with Gasteiger partial charge in [-0.25, -0.2) is 4.79 Å². The highest BCUT2D eigenvalue weighted by atomic mass is 16.5. The van der Waals surface area contributed by atoms with Crippen molar-refractivity contribution in [1.82, 2.24) is 0 Å². The van der Waals surface area contributed by atoms with Gasteiger partial charge in [-0.2, -0.15) is 0 Å². The van der Waals surface area contributed by atoms with Crippen LogP contribution in [0.15, 0.2) is 33.5 Å². The number of hydrogen-bond donors (Lipinski definition) is 0. The third-order valence-electron chi connectivity index (χ3n) is 3.34. The molecule has 0 aliphatic rings. The molecule has 0 N–H and O–H groups in total. The number of Topliss-reactive ketones (excluding diaryl/α,β-unsaturated/α-hetero) is 1. The molecule has 0 saturated carbocycles. The molecule has 2 aromatic rings. The average molecular weight is 304 g/mol. The van der Waals surface area contributed by atoms with E-state index in [0.29, 0.717) is 22.3 Å². The van der Waals surface area contributed by atoms with Crippen molar-refractivity contribution < 1.29 is 23.5 Å². The lowest BCUT2D eigenvalue weighted by Gasteiger charge is -2.15. The maximum Gasteiger partial charge on any atom is 0.336 e. The minimum atomic E-state index is -0.845.